The first-order chi connectivity index (χ1) is 6.41. The van der Waals surface area contributed by atoms with Gasteiger partial charge in [-0.3, -0.25) is 0 Å². The van der Waals surface area contributed by atoms with Crippen LogP contribution >= 0.6 is 0 Å². The fourth-order valence-corrected chi connectivity index (χ4v) is 0.353. The van der Waals surface area contributed by atoms with Gasteiger partial charge in [0, 0.05) is 18.6 Å². The Morgan fingerprint density at radius 3 is 2.07 bits per heavy atom. The van der Waals surface area contributed by atoms with E-state index in [1.807, 2.05) is 0 Å². The number of aliphatic hydroxyl groups excluding tert-OH is 1. The van der Waals surface area contributed by atoms with Gasteiger partial charge in [0.25, 0.3) is 0 Å². The van der Waals surface area contributed by atoms with E-state index in [-0.39, 0.29) is 25.6 Å². The standard InChI is InChI=1S/C7H12O3.C3H9N.ClH/c1-6(2)7(9)10-5-3-4-8;1-4(2)3;/h8H,1,3-5H2,2H3;1-3H3;1H. The molecule has 0 radical (unpaired) electrons. The summed E-state index contributed by atoms with van der Waals surface area (Å²) in [4.78, 5) is 12.0. The molecule has 0 aromatic heterocycles. The van der Waals surface area contributed by atoms with E-state index in [4.69, 9.17) is 5.11 Å². The minimum absolute atomic E-state index is 0. The van der Waals surface area contributed by atoms with Crippen LogP contribution in [0.3, 0.4) is 0 Å². The number of carbonyl (C=O) groups is 1. The lowest BCUT2D eigenvalue weighted by atomic mass is 10.4. The van der Waals surface area contributed by atoms with Crippen LogP contribution in [0.4, 0.5) is 0 Å². The van der Waals surface area contributed by atoms with Gasteiger partial charge in [-0.05, 0) is 6.92 Å². The van der Waals surface area contributed by atoms with Gasteiger partial charge in [0.05, 0.1) is 27.7 Å². The van der Waals surface area contributed by atoms with Crippen molar-refractivity contribution in [3.8, 4) is 0 Å². The number of ether oxygens (including phenoxy) is 1. The number of quaternary nitrogens is 1. The number of nitrogens with one attached hydrogen (secondary N) is 1. The summed E-state index contributed by atoms with van der Waals surface area (Å²) in [5.41, 5.74) is 0.387. The molecule has 0 unspecified atom stereocenters. The zero-order valence-electron chi connectivity index (χ0n) is 9.97. The molecule has 0 aliphatic rings. The van der Waals surface area contributed by atoms with Crippen molar-refractivity contribution >= 4 is 5.97 Å². The van der Waals surface area contributed by atoms with E-state index in [0.29, 0.717) is 12.0 Å². The molecule has 0 saturated carbocycles. The smallest absolute Gasteiger partial charge is 0.333 e. The summed E-state index contributed by atoms with van der Waals surface area (Å²) in [7, 11) is 6.25. The number of hydrogen-bond donors (Lipinski definition) is 2. The molecule has 15 heavy (non-hydrogen) atoms. The fraction of sp³-hybridized carbons (Fsp3) is 0.700. The van der Waals surface area contributed by atoms with Crippen LogP contribution in [0.5, 0.6) is 0 Å². The molecule has 0 saturated heterocycles. The first kappa shape index (κ1) is 19.9. The van der Waals surface area contributed by atoms with E-state index in [1.54, 1.807) is 6.92 Å². The van der Waals surface area contributed by atoms with Gasteiger partial charge >= 0.3 is 5.97 Å². The van der Waals surface area contributed by atoms with E-state index in [1.165, 1.54) is 4.90 Å². The second-order valence-corrected chi connectivity index (χ2v) is 3.49. The van der Waals surface area contributed by atoms with Gasteiger partial charge in [0.1, 0.15) is 0 Å². The molecule has 0 fully saturated rings. The Labute approximate surface area is 98.3 Å². The monoisotopic (exact) mass is 239 g/mol. The zero-order valence-corrected chi connectivity index (χ0v) is 10.7. The van der Waals surface area contributed by atoms with Crippen molar-refractivity contribution in [1.29, 1.82) is 0 Å². The molecule has 0 amide bonds. The fourth-order valence-electron chi connectivity index (χ4n) is 0.353. The minimum atomic E-state index is -0.395. The first-order valence-electron chi connectivity index (χ1n) is 4.62. The average molecular weight is 240 g/mol. The third-order valence-corrected chi connectivity index (χ3v) is 0.884. The molecule has 0 rings (SSSR count). The molecule has 4 nitrogen and oxygen atoms in total. The molecule has 2 N–H and O–H groups in total. The lowest BCUT2D eigenvalue weighted by Crippen LogP contribution is -3.02. The average Bonchev–Trinajstić information content (AvgIpc) is 2.03. The predicted molar refractivity (Wildman–Crippen MR) is 56.2 cm³/mol. The van der Waals surface area contributed by atoms with Crippen LogP contribution in [0.2, 0.25) is 0 Å². The summed E-state index contributed by atoms with van der Waals surface area (Å²) >= 11 is 0. The van der Waals surface area contributed by atoms with Crippen LogP contribution in [-0.2, 0) is 9.53 Å². The number of hydrogen-bond acceptors (Lipinski definition) is 3. The van der Waals surface area contributed by atoms with E-state index in [0.717, 1.165) is 0 Å². The molecule has 0 aliphatic heterocycles. The summed E-state index contributed by atoms with van der Waals surface area (Å²) in [6.45, 7) is 5.29. The number of esters is 1. The highest BCUT2D eigenvalue weighted by Gasteiger charge is 2.00. The van der Waals surface area contributed by atoms with E-state index in [9.17, 15) is 4.79 Å². The van der Waals surface area contributed by atoms with Crippen molar-refractivity contribution in [2.45, 2.75) is 13.3 Å². The number of halogens is 1. The van der Waals surface area contributed by atoms with Crippen LogP contribution in [0, 0.1) is 0 Å². The lowest BCUT2D eigenvalue weighted by Gasteiger charge is -2.00. The van der Waals surface area contributed by atoms with Gasteiger partial charge in [-0.15, -0.1) is 0 Å². The zero-order chi connectivity index (χ0) is 11.6. The normalized spacial score (nSPS) is 8.40. The second kappa shape index (κ2) is 13.4. The Hall–Kier alpha value is -0.580. The predicted octanol–water partition coefficient (Wildman–Crippen LogP) is -3.75. The first-order valence-corrected chi connectivity index (χ1v) is 4.62. The summed E-state index contributed by atoms with van der Waals surface area (Å²) in [5.74, 6) is -0.395. The number of aliphatic hydroxyl groups is 1. The minimum Gasteiger partial charge on any atom is -1.00 e. The van der Waals surface area contributed by atoms with Crippen molar-refractivity contribution in [3.05, 3.63) is 12.2 Å². The van der Waals surface area contributed by atoms with Crippen molar-refractivity contribution in [2.75, 3.05) is 34.4 Å². The second-order valence-electron chi connectivity index (χ2n) is 3.49. The molecule has 92 valence electrons. The van der Waals surface area contributed by atoms with Crippen LogP contribution < -0.4 is 17.3 Å². The van der Waals surface area contributed by atoms with Crippen LogP contribution in [0.1, 0.15) is 13.3 Å². The highest BCUT2D eigenvalue weighted by molar-refractivity contribution is 5.86. The Balaban J connectivity index is -0.000000249. The topological polar surface area (TPSA) is 51.0 Å². The highest BCUT2D eigenvalue weighted by Crippen LogP contribution is 1.92. The molecule has 0 aliphatic carbocycles. The molecule has 0 atom stereocenters. The largest absolute Gasteiger partial charge is 1.00 e. The maximum Gasteiger partial charge on any atom is 0.333 e. The maximum atomic E-state index is 10.6. The van der Waals surface area contributed by atoms with E-state index >= 15 is 0 Å². The molecule has 0 heterocycles. The number of carbonyl (C=O) groups excluding carboxylic acids is 1. The summed E-state index contributed by atoms with van der Waals surface area (Å²) in [6, 6.07) is 0. The summed E-state index contributed by atoms with van der Waals surface area (Å²) in [5, 5.41) is 8.30. The van der Waals surface area contributed by atoms with Gasteiger partial charge in [-0.1, -0.05) is 6.58 Å². The summed E-state index contributed by atoms with van der Waals surface area (Å²) in [6.07, 6.45) is 0.485. The molecule has 0 bridgehead atoms. The Kier molecular flexibility index (Phi) is 17.8. The van der Waals surface area contributed by atoms with Gasteiger partial charge in [0.15, 0.2) is 0 Å². The van der Waals surface area contributed by atoms with Crippen LogP contribution in [-0.4, -0.2) is 45.4 Å². The maximum absolute atomic E-state index is 10.6. The molecular formula is C10H22ClNO3. The Bertz CT molecular complexity index is 169. The van der Waals surface area contributed by atoms with Gasteiger partial charge in [0.2, 0.25) is 0 Å². The number of rotatable bonds is 4. The lowest BCUT2D eigenvalue weighted by molar-refractivity contribution is -0.836. The molecule has 5 heteroatoms. The molecule has 0 aromatic carbocycles. The summed E-state index contributed by atoms with van der Waals surface area (Å²) < 4.78 is 4.65. The van der Waals surface area contributed by atoms with Crippen molar-refractivity contribution < 1.29 is 31.9 Å². The van der Waals surface area contributed by atoms with Crippen molar-refractivity contribution in [1.82, 2.24) is 0 Å². The van der Waals surface area contributed by atoms with Gasteiger partial charge < -0.3 is 27.2 Å². The van der Waals surface area contributed by atoms with Crippen LogP contribution in [0.15, 0.2) is 12.2 Å². The van der Waals surface area contributed by atoms with Crippen molar-refractivity contribution in [3.63, 3.8) is 0 Å². The van der Waals surface area contributed by atoms with Gasteiger partial charge in [-0.2, -0.15) is 0 Å². The molecule has 0 aromatic rings. The van der Waals surface area contributed by atoms with Gasteiger partial charge in [-0.25, -0.2) is 4.79 Å². The van der Waals surface area contributed by atoms with Crippen molar-refractivity contribution in [2.24, 2.45) is 0 Å². The Morgan fingerprint density at radius 2 is 1.80 bits per heavy atom. The quantitative estimate of drug-likeness (QED) is 0.301. The molecular weight excluding hydrogens is 218 g/mol. The third kappa shape index (κ3) is 24.7. The van der Waals surface area contributed by atoms with E-state index < -0.39 is 5.97 Å². The van der Waals surface area contributed by atoms with Crippen LogP contribution in [0.25, 0.3) is 0 Å². The SMILES string of the molecule is C=C(C)C(=O)OCCCO.C[NH+](C)C.[Cl-]. The van der Waals surface area contributed by atoms with E-state index in [2.05, 4.69) is 32.5 Å². The Morgan fingerprint density at radius 1 is 1.40 bits per heavy atom. The molecule has 0 spiro atoms. The third-order valence-electron chi connectivity index (χ3n) is 0.884. The highest BCUT2D eigenvalue weighted by atomic mass is 35.5.